The monoisotopic (exact) mass is 353 g/mol. The fraction of sp³-hybridized carbons (Fsp3) is 0.0526. The van der Waals surface area contributed by atoms with Gasteiger partial charge in [-0.15, -0.1) is 0 Å². The molecule has 1 fully saturated rings. The molecule has 0 spiro atoms. The van der Waals surface area contributed by atoms with Crippen LogP contribution in [0.3, 0.4) is 0 Å². The minimum absolute atomic E-state index is 0.0523. The molecule has 2 N–H and O–H groups in total. The van der Waals surface area contributed by atoms with Crippen LogP contribution < -0.4 is 5.32 Å². The van der Waals surface area contributed by atoms with Crippen molar-refractivity contribution < 1.29 is 18.4 Å². The number of aromatic amines is 1. The highest BCUT2D eigenvalue weighted by molar-refractivity contribution is 6.14. The summed E-state index contributed by atoms with van der Waals surface area (Å²) >= 11 is 0. The summed E-state index contributed by atoms with van der Waals surface area (Å²) in [6.45, 7) is -0.478. The van der Waals surface area contributed by atoms with E-state index in [2.05, 4.69) is 10.3 Å². The van der Waals surface area contributed by atoms with Gasteiger partial charge in [0.25, 0.3) is 5.91 Å². The summed E-state index contributed by atoms with van der Waals surface area (Å²) in [5.41, 5.74) is 1.34. The van der Waals surface area contributed by atoms with Gasteiger partial charge in [-0.3, -0.25) is 9.69 Å². The summed E-state index contributed by atoms with van der Waals surface area (Å²) in [6, 6.07) is 10.2. The van der Waals surface area contributed by atoms with E-state index in [9.17, 15) is 18.4 Å². The molecule has 0 aliphatic carbocycles. The SMILES string of the molecule is O=C1N/C(=C\c2c[nH]c3ccccc23)C(=O)N1Cc1c(F)cccc1F. The fourth-order valence-corrected chi connectivity index (χ4v) is 2.93. The van der Waals surface area contributed by atoms with Gasteiger partial charge in [-0.05, 0) is 24.3 Å². The smallest absolute Gasteiger partial charge is 0.329 e. The lowest BCUT2D eigenvalue weighted by Gasteiger charge is -2.13. The van der Waals surface area contributed by atoms with Gasteiger partial charge < -0.3 is 10.3 Å². The first-order valence-corrected chi connectivity index (χ1v) is 7.88. The largest absolute Gasteiger partial charge is 0.361 e. The Balaban J connectivity index is 1.65. The Bertz CT molecular complexity index is 1050. The molecule has 5 nitrogen and oxygen atoms in total. The van der Waals surface area contributed by atoms with E-state index < -0.39 is 30.1 Å². The van der Waals surface area contributed by atoms with Gasteiger partial charge in [0.1, 0.15) is 17.3 Å². The van der Waals surface area contributed by atoms with E-state index in [0.717, 1.165) is 33.5 Å². The van der Waals surface area contributed by atoms with E-state index in [1.54, 1.807) is 6.20 Å². The Morgan fingerprint density at radius 3 is 2.50 bits per heavy atom. The molecule has 0 saturated carbocycles. The van der Waals surface area contributed by atoms with Crippen molar-refractivity contribution >= 4 is 28.9 Å². The molecule has 1 aliphatic rings. The number of rotatable bonds is 3. The molecule has 1 aliphatic heterocycles. The number of imide groups is 1. The van der Waals surface area contributed by atoms with E-state index in [1.165, 1.54) is 12.1 Å². The third-order valence-corrected chi connectivity index (χ3v) is 4.26. The first-order valence-electron chi connectivity index (χ1n) is 7.88. The first-order chi connectivity index (χ1) is 12.5. The molecule has 7 heteroatoms. The van der Waals surface area contributed by atoms with Gasteiger partial charge in [0.2, 0.25) is 0 Å². The van der Waals surface area contributed by atoms with E-state index in [4.69, 9.17) is 0 Å². The van der Waals surface area contributed by atoms with Gasteiger partial charge in [0.15, 0.2) is 0 Å². The van der Waals surface area contributed by atoms with Gasteiger partial charge in [-0.2, -0.15) is 0 Å². The highest BCUT2D eigenvalue weighted by Crippen LogP contribution is 2.23. The van der Waals surface area contributed by atoms with Crippen LogP contribution >= 0.6 is 0 Å². The zero-order chi connectivity index (χ0) is 18.3. The number of nitrogens with one attached hydrogen (secondary N) is 2. The van der Waals surface area contributed by atoms with Crippen molar-refractivity contribution in [2.75, 3.05) is 0 Å². The molecular weight excluding hydrogens is 340 g/mol. The van der Waals surface area contributed by atoms with Crippen LogP contribution in [0.15, 0.2) is 54.4 Å². The van der Waals surface area contributed by atoms with Crippen LogP contribution in [0.25, 0.3) is 17.0 Å². The number of H-pyrrole nitrogens is 1. The predicted octanol–water partition coefficient (Wildman–Crippen LogP) is 3.54. The Morgan fingerprint density at radius 1 is 1.00 bits per heavy atom. The lowest BCUT2D eigenvalue weighted by molar-refractivity contribution is -0.123. The van der Waals surface area contributed by atoms with Gasteiger partial charge in [0, 0.05) is 28.2 Å². The van der Waals surface area contributed by atoms with Crippen LogP contribution in [0.2, 0.25) is 0 Å². The van der Waals surface area contributed by atoms with E-state index in [1.807, 2.05) is 24.3 Å². The molecule has 0 unspecified atom stereocenters. The van der Waals surface area contributed by atoms with Gasteiger partial charge in [-0.1, -0.05) is 24.3 Å². The minimum Gasteiger partial charge on any atom is -0.361 e. The zero-order valence-electron chi connectivity index (χ0n) is 13.4. The van der Waals surface area contributed by atoms with Crippen molar-refractivity contribution in [3.63, 3.8) is 0 Å². The molecule has 0 radical (unpaired) electrons. The van der Waals surface area contributed by atoms with Crippen LogP contribution in [0.4, 0.5) is 13.6 Å². The summed E-state index contributed by atoms with van der Waals surface area (Å²) in [7, 11) is 0. The van der Waals surface area contributed by atoms with Crippen molar-refractivity contribution in [1.82, 2.24) is 15.2 Å². The van der Waals surface area contributed by atoms with E-state index in [-0.39, 0.29) is 11.3 Å². The van der Waals surface area contributed by atoms with Crippen molar-refractivity contribution in [3.05, 3.63) is 77.1 Å². The highest BCUT2D eigenvalue weighted by Gasteiger charge is 2.34. The van der Waals surface area contributed by atoms with Gasteiger partial charge in [0.05, 0.1) is 6.54 Å². The molecule has 130 valence electrons. The third-order valence-electron chi connectivity index (χ3n) is 4.26. The molecule has 0 bridgehead atoms. The van der Waals surface area contributed by atoms with Crippen LogP contribution in [-0.2, 0) is 11.3 Å². The average molecular weight is 353 g/mol. The summed E-state index contributed by atoms with van der Waals surface area (Å²) in [4.78, 5) is 28.5. The molecule has 2 aromatic carbocycles. The maximum atomic E-state index is 13.8. The molecule has 2 heterocycles. The Kier molecular flexibility index (Phi) is 3.76. The second-order valence-electron chi connectivity index (χ2n) is 5.87. The maximum Gasteiger partial charge on any atom is 0.329 e. The number of carbonyl (C=O) groups excluding carboxylic acids is 2. The average Bonchev–Trinajstić information content (AvgIpc) is 3.14. The van der Waals surface area contributed by atoms with Crippen LogP contribution in [-0.4, -0.2) is 21.8 Å². The number of aromatic nitrogens is 1. The number of para-hydroxylation sites is 1. The number of hydrogen-bond acceptors (Lipinski definition) is 2. The molecule has 3 amide bonds. The number of fused-ring (bicyclic) bond motifs is 1. The molecule has 4 rings (SSSR count). The second kappa shape index (κ2) is 6.11. The van der Waals surface area contributed by atoms with Crippen LogP contribution in [0.1, 0.15) is 11.1 Å². The molecular formula is C19H13F2N3O2. The molecule has 1 aromatic heterocycles. The van der Waals surface area contributed by atoms with E-state index >= 15 is 0 Å². The minimum atomic E-state index is -0.806. The number of halogens is 2. The Morgan fingerprint density at radius 2 is 1.73 bits per heavy atom. The van der Waals surface area contributed by atoms with E-state index in [0.29, 0.717) is 0 Å². The quantitative estimate of drug-likeness (QED) is 0.559. The highest BCUT2D eigenvalue weighted by atomic mass is 19.1. The Hall–Kier alpha value is -3.48. The van der Waals surface area contributed by atoms with Crippen molar-refractivity contribution in [2.24, 2.45) is 0 Å². The van der Waals surface area contributed by atoms with Gasteiger partial charge >= 0.3 is 6.03 Å². The number of hydrogen-bond donors (Lipinski definition) is 2. The molecule has 1 saturated heterocycles. The van der Waals surface area contributed by atoms with Crippen molar-refractivity contribution in [3.8, 4) is 0 Å². The third kappa shape index (κ3) is 2.63. The topological polar surface area (TPSA) is 65.2 Å². The van der Waals surface area contributed by atoms with Crippen molar-refractivity contribution in [2.45, 2.75) is 6.54 Å². The molecule has 0 atom stereocenters. The predicted molar refractivity (Wildman–Crippen MR) is 91.7 cm³/mol. The fourth-order valence-electron chi connectivity index (χ4n) is 2.93. The first kappa shape index (κ1) is 16.0. The normalized spacial score (nSPS) is 15.9. The van der Waals surface area contributed by atoms with Gasteiger partial charge in [-0.25, -0.2) is 13.6 Å². The summed E-state index contributed by atoms with van der Waals surface area (Å²) in [5, 5.41) is 3.35. The standard InChI is InChI=1S/C19H13F2N3O2/c20-14-5-3-6-15(21)13(14)10-24-18(25)17(23-19(24)26)8-11-9-22-16-7-2-1-4-12(11)16/h1-9,22H,10H2,(H,23,26)/b17-8-. The molecule has 3 aromatic rings. The summed E-state index contributed by atoms with van der Waals surface area (Å²) in [5.74, 6) is -2.25. The number of carbonyl (C=O) groups is 2. The van der Waals surface area contributed by atoms with Crippen LogP contribution in [0.5, 0.6) is 0 Å². The molecule has 26 heavy (non-hydrogen) atoms. The second-order valence-corrected chi connectivity index (χ2v) is 5.87. The number of benzene rings is 2. The Labute approximate surface area is 146 Å². The lowest BCUT2D eigenvalue weighted by atomic mass is 10.1. The number of amides is 3. The number of nitrogens with zero attached hydrogens (tertiary/aromatic N) is 1. The number of urea groups is 1. The zero-order valence-corrected chi connectivity index (χ0v) is 13.4. The maximum absolute atomic E-state index is 13.8. The summed E-state index contributed by atoms with van der Waals surface area (Å²) < 4.78 is 27.6. The van der Waals surface area contributed by atoms with Crippen molar-refractivity contribution in [1.29, 1.82) is 0 Å². The lowest BCUT2D eigenvalue weighted by Crippen LogP contribution is -2.31. The van der Waals surface area contributed by atoms with Crippen LogP contribution in [0, 0.1) is 11.6 Å². The summed E-state index contributed by atoms with van der Waals surface area (Å²) in [6.07, 6.45) is 3.26.